The van der Waals surface area contributed by atoms with Gasteiger partial charge < -0.3 is 10.2 Å². The van der Waals surface area contributed by atoms with Gasteiger partial charge in [-0.15, -0.1) is 0 Å². The van der Waals surface area contributed by atoms with E-state index in [1.54, 1.807) is 4.90 Å². The highest BCUT2D eigenvalue weighted by Gasteiger charge is 2.38. The summed E-state index contributed by atoms with van der Waals surface area (Å²) in [5.74, 6) is 0.139. The summed E-state index contributed by atoms with van der Waals surface area (Å²) in [6, 6.07) is 4.30. The maximum absolute atomic E-state index is 13.0. The summed E-state index contributed by atoms with van der Waals surface area (Å²) in [6.45, 7) is 6.13. The Morgan fingerprint density at radius 2 is 1.65 bits per heavy atom. The van der Waals surface area contributed by atoms with Crippen molar-refractivity contribution in [2.24, 2.45) is 5.92 Å². The lowest BCUT2D eigenvalue weighted by molar-refractivity contribution is -0.137. The molecular formula is C23H32F3N3O2. The van der Waals surface area contributed by atoms with Gasteiger partial charge in [-0.3, -0.25) is 14.5 Å². The number of carbonyl (C=O) groups excluding carboxylic acids is 2. The fourth-order valence-electron chi connectivity index (χ4n) is 4.57. The number of nitrogens with zero attached hydrogens (tertiary/aromatic N) is 2. The molecule has 3 rings (SSSR count). The lowest BCUT2D eigenvalue weighted by Gasteiger charge is -2.41. The minimum Gasteiger partial charge on any atom is -0.352 e. The lowest BCUT2D eigenvalue weighted by Crippen LogP contribution is -2.58. The molecule has 2 atom stereocenters. The van der Waals surface area contributed by atoms with Gasteiger partial charge in [0.1, 0.15) is 0 Å². The number of nitrogens with one attached hydrogen (secondary N) is 1. The van der Waals surface area contributed by atoms with Gasteiger partial charge in [-0.1, -0.05) is 19.8 Å². The third kappa shape index (κ3) is 5.79. The number of amides is 2. The Morgan fingerprint density at radius 1 is 1.06 bits per heavy atom. The van der Waals surface area contributed by atoms with Crippen LogP contribution in [0.4, 0.5) is 13.2 Å². The van der Waals surface area contributed by atoms with E-state index < -0.39 is 11.7 Å². The normalized spacial score (nSPS) is 20.5. The lowest BCUT2D eigenvalue weighted by atomic mass is 9.94. The Kier molecular flexibility index (Phi) is 7.62. The molecule has 1 aliphatic heterocycles. The second-order valence-electron chi connectivity index (χ2n) is 8.71. The number of halogens is 3. The van der Waals surface area contributed by atoms with Gasteiger partial charge in [-0.2, -0.15) is 13.2 Å². The average molecular weight is 440 g/mol. The zero-order valence-corrected chi connectivity index (χ0v) is 18.3. The van der Waals surface area contributed by atoms with E-state index in [-0.39, 0.29) is 29.5 Å². The predicted molar refractivity (Wildman–Crippen MR) is 113 cm³/mol. The zero-order valence-electron chi connectivity index (χ0n) is 18.3. The number of rotatable bonds is 6. The van der Waals surface area contributed by atoms with Crippen LogP contribution in [-0.4, -0.2) is 59.9 Å². The van der Waals surface area contributed by atoms with Crippen LogP contribution >= 0.6 is 0 Å². The fraction of sp³-hybridized carbons (Fsp3) is 0.652. The summed E-state index contributed by atoms with van der Waals surface area (Å²) >= 11 is 0. The third-order valence-electron chi connectivity index (χ3n) is 6.57. The number of piperazine rings is 1. The highest BCUT2D eigenvalue weighted by molar-refractivity contribution is 5.94. The van der Waals surface area contributed by atoms with E-state index in [9.17, 15) is 22.8 Å². The molecule has 5 nitrogen and oxygen atoms in total. The van der Waals surface area contributed by atoms with Gasteiger partial charge in [0.2, 0.25) is 5.91 Å². The Bertz CT molecular complexity index is 752. The molecule has 0 radical (unpaired) electrons. The zero-order chi connectivity index (χ0) is 22.6. The number of benzene rings is 1. The number of carbonyl (C=O) groups is 2. The fourth-order valence-corrected chi connectivity index (χ4v) is 4.57. The van der Waals surface area contributed by atoms with E-state index in [0.29, 0.717) is 32.1 Å². The van der Waals surface area contributed by atoms with Crippen molar-refractivity contribution in [2.45, 2.75) is 64.2 Å². The average Bonchev–Trinajstić information content (AvgIpc) is 3.27. The summed E-state index contributed by atoms with van der Waals surface area (Å²) in [5, 5.41) is 3.13. The first-order chi connectivity index (χ1) is 14.7. The first kappa shape index (κ1) is 23.6. The third-order valence-corrected chi connectivity index (χ3v) is 6.57. The van der Waals surface area contributed by atoms with E-state index in [0.717, 1.165) is 44.2 Å². The minimum absolute atomic E-state index is 0.0729. The molecule has 0 spiro atoms. The van der Waals surface area contributed by atoms with Crippen LogP contribution in [0.1, 0.15) is 61.9 Å². The van der Waals surface area contributed by atoms with Crippen LogP contribution in [0.2, 0.25) is 0 Å². The smallest absolute Gasteiger partial charge is 0.352 e. The molecule has 2 aliphatic rings. The van der Waals surface area contributed by atoms with Crippen LogP contribution in [0.3, 0.4) is 0 Å². The molecule has 0 bridgehead atoms. The molecule has 1 aromatic rings. The largest absolute Gasteiger partial charge is 0.416 e. The molecule has 2 amide bonds. The Hall–Kier alpha value is -2.09. The molecule has 1 saturated heterocycles. The predicted octanol–water partition coefficient (Wildman–Crippen LogP) is 3.94. The highest BCUT2D eigenvalue weighted by Crippen LogP contribution is 2.32. The Balaban J connectivity index is 1.63. The molecule has 1 saturated carbocycles. The second-order valence-corrected chi connectivity index (χ2v) is 8.71. The van der Waals surface area contributed by atoms with E-state index in [1.165, 1.54) is 12.1 Å². The van der Waals surface area contributed by atoms with Crippen molar-refractivity contribution in [1.29, 1.82) is 0 Å². The standard InChI is InChI=1S/C23H32F3N3O2/c1-3-16(2)27-21(30)20(17-6-4-5-7-17)28-12-14-29(15-13-28)22(31)18-8-10-19(11-9-18)23(24,25)26/h8-11,16-17,20H,3-7,12-15H2,1-2H3,(H,27,30)/t16-,20+/m1/s1. The monoisotopic (exact) mass is 439 g/mol. The van der Waals surface area contributed by atoms with Crippen molar-refractivity contribution in [1.82, 2.24) is 15.1 Å². The van der Waals surface area contributed by atoms with E-state index in [1.807, 2.05) is 13.8 Å². The van der Waals surface area contributed by atoms with Crippen molar-refractivity contribution in [3.63, 3.8) is 0 Å². The summed E-state index contributed by atoms with van der Waals surface area (Å²) in [4.78, 5) is 29.6. The van der Waals surface area contributed by atoms with Crippen LogP contribution in [0, 0.1) is 5.92 Å². The molecule has 1 aliphatic carbocycles. The van der Waals surface area contributed by atoms with Gasteiger partial charge in [0.25, 0.3) is 5.91 Å². The van der Waals surface area contributed by atoms with Gasteiger partial charge in [-0.25, -0.2) is 0 Å². The molecule has 172 valence electrons. The van der Waals surface area contributed by atoms with E-state index in [2.05, 4.69) is 10.2 Å². The van der Waals surface area contributed by atoms with Crippen molar-refractivity contribution < 1.29 is 22.8 Å². The van der Waals surface area contributed by atoms with Crippen LogP contribution in [0.5, 0.6) is 0 Å². The van der Waals surface area contributed by atoms with E-state index >= 15 is 0 Å². The molecule has 1 aromatic carbocycles. The molecule has 1 heterocycles. The minimum atomic E-state index is -4.42. The van der Waals surface area contributed by atoms with Gasteiger partial charge in [0.15, 0.2) is 0 Å². The van der Waals surface area contributed by atoms with Crippen LogP contribution in [0.15, 0.2) is 24.3 Å². The maximum atomic E-state index is 13.0. The summed E-state index contributed by atoms with van der Waals surface area (Å²) < 4.78 is 38.3. The van der Waals surface area contributed by atoms with Crippen molar-refractivity contribution in [3.05, 3.63) is 35.4 Å². The van der Waals surface area contributed by atoms with Gasteiger partial charge in [-0.05, 0) is 56.4 Å². The van der Waals surface area contributed by atoms with Crippen LogP contribution in [0.25, 0.3) is 0 Å². The molecule has 8 heteroatoms. The van der Waals surface area contributed by atoms with Crippen molar-refractivity contribution >= 4 is 11.8 Å². The summed E-state index contributed by atoms with van der Waals surface area (Å²) in [7, 11) is 0. The number of hydrogen-bond acceptors (Lipinski definition) is 3. The topological polar surface area (TPSA) is 52.7 Å². The number of hydrogen-bond donors (Lipinski definition) is 1. The maximum Gasteiger partial charge on any atom is 0.416 e. The molecule has 2 fully saturated rings. The molecule has 1 N–H and O–H groups in total. The van der Waals surface area contributed by atoms with Gasteiger partial charge >= 0.3 is 6.18 Å². The molecular weight excluding hydrogens is 407 g/mol. The first-order valence-electron chi connectivity index (χ1n) is 11.2. The summed E-state index contributed by atoms with van der Waals surface area (Å²) in [6.07, 6.45) is 0.831. The Labute approximate surface area is 182 Å². The van der Waals surface area contributed by atoms with Crippen molar-refractivity contribution in [2.75, 3.05) is 26.2 Å². The highest BCUT2D eigenvalue weighted by atomic mass is 19.4. The SMILES string of the molecule is CC[C@@H](C)NC(=O)[C@H](C1CCCC1)N1CCN(C(=O)c2ccc(C(F)(F)F)cc2)CC1. The van der Waals surface area contributed by atoms with Crippen LogP contribution < -0.4 is 5.32 Å². The van der Waals surface area contributed by atoms with Gasteiger partial charge in [0.05, 0.1) is 11.6 Å². The molecule has 0 unspecified atom stereocenters. The quantitative estimate of drug-likeness (QED) is 0.731. The number of alkyl halides is 3. The second kappa shape index (κ2) is 10.0. The van der Waals surface area contributed by atoms with Crippen molar-refractivity contribution in [3.8, 4) is 0 Å². The summed E-state index contributed by atoms with van der Waals surface area (Å²) in [5.41, 5.74) is -0.510. The first-order valence-corrected chi connectivity index (χ1v) is 11.2. The van der Waals surface area contributed by atoms with Crippen LogP contribution in [-0.2, 0) is 11.0 Å². The van der Waals surface area contributed by atoms with E-state index in [4.69, 9.17) is 0 Å². The Morgan fingerprint density at radius 3 is 2.16 bits per heavy atom. The van der Waals surface area contributed by atoms with Gasteiger partial charge in [0, 0.05) is 37.8 Å². The molecule has 31 heavy (non-hydrogen) atoms. The molecule has 0 aromatic heterocycles.